The van der Waals surface area contributed by atoms with Crippen molar-refractivity contribution in [2.24, 2.45) is 0 Å². The molecule has 0 saturated heterocycles. The molecule has 7 heteroatoms. The summed E-state index contributed by atoms with van der Waals surface area (Å²) in [5.74, 6) is -0.517. The largest absolute Gasteiger partial charge is 0.417 e. The Morgan fingerprint density at radius 2 is 2.05 bits per heavy atom. The molecule has 1 aromatic heterocycles. The van der Waals surface area contributed by atoms with Crippen LogP contribution in [-0.4, -0.2) is 5.91 Å². The van der Waals surface area contributed by atoms with Gasteiger partial charge in [-0.15, -0.1) is 0 Å². The van der Waals surface area contributed by atoms with Crippen LogP contribution in [-0.2, 0) is 11.0 Å². The van der Waals surface area contributed by atoms with Gasteiger partial charge in [-0.25, -0.2) is 0 Å². The summed E-state index contributed by atoms with van der Waals surface area (Å²) >= 11 is 6.98. The van der Waals surface area contributed by atoms with Crippen molar-refractivity contribution in [3.63, 3.8) is 0 Å². The second-order valence-electron chi connectivity index (χ2n) is 4.07. The van der Waals surface area contributed by atoms with Crippen molar-refractivity contribution in [3.05, 3.63) is 57.3 Å². The first-order valence-corrected chi connectivity index (χ1v) is 7.06. The fourth-order valence-corrected chi connectivity index (χ4v) is 2.40. The second kappa shape index (κ2) is 6.32. The summed E-state index contributed by atoms with van der Waals surface area (Å²) in [5, 5.41) is 5.65. The maximum atomic E-state index is 12.7. The van der Waals surface area contributed by atoms with E-state index in [9.17, 15) is 18.0 Å². The number of amides is 1. The predicted octanol–water partition coefficient (Wildman–Crippen LogP) is 5.07. The number of carbonyl (C=O) groups is 1. The number of thiophene rings is 1. The smallest absolute Gasteiger partial charge is 0.322 e. The molecule has 0 aliphatic rings. The van der Waals surface area contributed by atoms with Gasteiger partial charge < -0.3 is 5.32 Å². The number of hydrogen-bond acceptors (Lipinski definition) is 2. The van der Waals surface area contributed by atoms with E-state index in [-0.39, 0.29) is 5.69 Å². The molecule has 1 N–H and O–H groups in total. The van der Waals surface area contributed by atoms with E-state index in [1.54, 1.807) is 6.08 Å². The van der Waals surface area contributed by atoms with Gasteiger partial charge in [-0.2, -0.15) is 24.5 Å². The first kappa shape index (κ1) is 15.6. The van der Waals surface area contributed by atoms with Gasteiger partial charge >= 0.3 is 6.18 Å². The highest BCUT2D eigenvalue weighted by Crippen LogP contribution is 2.36. The molecule has 1 amide bonds. The fraction of sp³-hybridized carbons (Fsp3) is 0.0714. The van der Waals surface area contributed by atoms with E-state index in [1.165, 1.54) is 23.5 Å². The lowest BCUT2D eigenvalue weighted by molar-refractivity contribution is -0.137. The molecule has 0 bridgehead atoms. The van der Waals surface area contributed by atoms with Crippen LogP contribution in [0.2, 0.25) is 5.02 Å². The Bertz CT molecular complexity index is 665. The summed E-state index contributed by atoms with van der Waals surface area (Å²) in [5.41, 5.74) is -0.0993. The molecule has 0 saturated carbocycles. The van der Waals surface area contributed by atoms with Crippen molar-refractivity contribution in [3.8, 4) is 0 Å². The standard InChI is InChI=1S/C14H9ClF3NOS/c15-12-3-2-10(7-11(12)14(16,17)18)19-13(20)4-1-9-5-6-21-8-9/h1-8H,(H,19,20)/b4-1+. The number of anilines is 1. The zero-order valence-corrected chi connectivity index (χ0v) is 12.0. The minimum atomic E-state index is -4.57. The average molecular weight is 332 g/mol. The maximum absolute atomic E-state index is 12.7. The zero-order chi connectivity index (χ0) is 15.5. The summed E-state index contributed by atoms with van der Waals surface area (Å²) in [6.45, 7) is 0. The summed E-state index contributed by atoms with van der Waals surface area (Å²) < 4.78 is 38.1. The third kappa shape index (κ3) is 4.34. The Labute approximate surface area is 127 Å². The normalized spacial score (nSPS) is 11.8. The van der Waals surface area contributed by atoms with Crippen LogP contribution in [0.15, 0.2) is 41.1 Å². The summed E-state index contributed by atoms with van der Waals surface area (Å²) in [6, 6.07) is 5.04. The van der Waals surface area contributed by atoms with Gasteiger partial charge in [-0.3, -0.25) is 4.79 Å². The van der Waals surface area contributed by atoms with Gasteiger partial charge in [0.05, 0.1) is 10.6 Å². The van der Waals surface area contributed by atoms with E-state index < -0.39 is 22.7 Å². The third-order valence-corrected chi connectivity index (χ3v) is 3.54. The van der Waals surface area contributed by atoms with Gasteiger partial charge in [-0.1, -0.05) is 11.6 Å². The molecule has 1 aromatic carbocycles. The summed E-state index contributed by atoms with van der Waals surface area (Å²) in [6.07, 6.45) is -1.74. The molecule has 0 aliphatic carbocycles. The molecule has 0 fully saturated rings. The summed E-state index contributed by atoms with van der Waals surface area (Å²) in [7, 11) is 0. The molecule has 0 unspecified atom stereocenters. The van der Waals surface area contributed by atoms with E-state index >= 15 is 0 Å². The Balaban J connectivity index is 2.11. The van der Waals surface area contributed by atoms with Gasteiger partial charge in [0, 0.05) is 11.8 Å². The van der Waals surface area contributed by atoms with Crippen LogP contribution in [0.25, 0.3) is 6.08 Å². The Morgan fingerprint density at radius 3 is 2.67 bits per heavy atom. The lowest BCUT2D eigenvalue weighted by Gasteiger charge is -2.11. The van der Waals surface area contributed by atoms with Crippen molar-refractivity contribution in [1.29, 1.82) is 0 Å². The lowest BCUT2D eigenvalue weighted by Crippen LogP contribution is -2.10. The van der Waals surface area contributed by atoms with Crippen molar-refractivity contribution in [2.45, 2.75) is 6.18 Å². The summed E-state index contributed by atoms with van der Waals surface area (Å²) in [4.78, 5) is 11.6. The van der Waals surface area contributed by atoms with Crippen molar-refractivity contribution in [2.75, 3.05) is 5.32 Å². The van der Waals surface area contributed by atoms with Crippen molar-refractivity contribution < 1.29 is 18.0 Å². The quantitative estimate of drug-likeness (QED) is 0.781. The van der Waals surface area contributed by atoms with Gasteiger partial charge in [0.1, 0.15) is 0 Å². The van der Waals surface area contributed by atoms with Crippen LogP contribution in [0.3, 0.4) is 0 Å². The number of benzene rings is 1. The lowest BCUT2D eigenvalue weighted by atomic mass is 10.2. The molecule has 110 valence electrons. The minimum Gasteiger partial charge on any atom is -0.322 e. The molecule has 21 heavy (non-hydrogen) atoms. The molecule has 2 rings (SSSR count). The van der Waals surface area contributed by atoms with E-state index in [0.717, 1.165) is 17.7 Å². The molecular formula is C14H9ClF3NOS. The van der Waals surface area contributed by atoms with Crippen molar-refractivity contribution in [1.82, 2.24) is 0 Å². The SMILES string of the molecule is O=C(/C=C/c1ccsc1)Nc1ccc(Cl)c(C(F)(F)F)c1. The molecular weight excluding hydrogens is 323 g/mol. The highest BCUT2D eigenvalue weighted by Gasteiger charge is 2.33. The topological polar surface area (TPSA) is 29.1 Å². The maximum Gasteiger partial charge on any atom is 0.417 e. The van der Waals surface area contributed by atoms with Crippen LogP contribution in [0.1, 0.15) is 11.1 Å². The molecule has 0 atom stereocenters. The van der Waals surface area contributed by atoms with E-state index in [2.05, 4.69) is 5.32 Å². The monoisotopic (exact) mass is 331 g/mol. The second-order valence-corrected chi connectivity index (χ2v) is 5.26. The molecule has 2 nitrogen and oxygen atoms in total. The fourth-order valence-electron chi connectivity index (χ4n) is 1.55. The number of halogens is 4. The molecule has 1 heterocycles. The van der Waals surface area contributed by atoms with Crippen LogP contribution in [0, 0.1) is 0 Å². The average Bonchev–Trinajstić information content (AvgIpc) is 2.90. The number of nitrogens with one attached hydrogen (secondary N) is 1. The molecule has 0 aliphatic heterocycles. The van der Waals surface area contributed by atoms with Crippen LogP contribution >= 0.6 is 22.9 Å². The molecule has 0 spiro atoms. The van der Waals surface area contributed by atoms with Gasteiger partial charge in [0.2, 0.25) is 5.91 Å². The van der Waals surface area contributed by atoms with Crippen LogP contribution in [0.5, 0.6) is 0 Å². The number of alkyl halides is 3. The van der Waals surface area contributed by atoms with Crippen LogP contribution < -0.4 is 5.32 Å². The number of carbonyl (C=O) groups excluding carboxylic acids is 1. The zero-order valence-electron chi connectivity index (χ0n) is 10.4. The van der Waals surface area contributed by atoms with Gasteiger partial charge in [-0.05, 0) is 46.7 Å². The molecule has 2 aromatic rings. The Hall–Kier alpha value is -1.79. The van der Waals surface area contributed by atoms with Gasteiger partial charge in [0.25, 0.3) is 0 Å². The minimum absolute atomic E-state index is 0.0340. The number of rotatable bonds is 3. The van der Waals surface area contributed by atoms with Gasteiger partial charge in [0.15, 0.2) is 0 Å². The first-order chi connectivity index (χ1) is 9.86. The Kier molecular flexibility index (Phi) is 4.69. The van der Waals surface area contributed by atoms with E-state index in [1.807, 2.05) is 16.8 Å². The van der Waals surface area contributed by atoms with Crippen LogP contribution in [0.4, 0.5) is 18.9 Å². The van der Waals surface area contributed by atoms with Crippen molar-refractivity contribution >= 4 is 40.6 Å². The third-order valence-electron chi connectivity index (χ3n) is 2.51. The Morgan fingerprint density at radius 1 is 1.29 bits per heavy atom. The molecule has 0 radical (unpaired) electrons. The predicted molar refractivity (Wildman–Crippen MR) is 78.4 cm³/mol. The highest BCUT2D eigenvalue weighted by atomic mass is 35.5. The van der Waals surface area contributed by atoms with E-state index in [0.29, 0.717) is 0 Å². The first-order valence-electron chi connectivity index (χ1n) is 5.74. The van der Waals surface area contributed by atoms with E-state index in [4.69, 9.17) is 11.6 Å². The highest BCUT2D eigenvalue weighted by molar-refractivity contribution is 7.08. The number of hydrogen-bond donors (Lipinski definition) is 1.